The van der Waals surface area contributed by atoms with Gasteiger partial charge in [0, 0.05) is 17.5 Å². The molecule has 6 heteroatoms. The van der Waals surface area contributed by atoms with Crippen molar-refractivity contribution in [2.24, 2.45) is 0 Å². The molecule has 4 rings (SSSR count). The summed E-state index contributed by atoms with van der Waals surface area (Å²) < 4.78 is 0. The van der Waals surface area contributed by atoms with Crippen LogP contribution in [0.4, 0.5) is 4.79 Å². The summed E-state index contributed by atoms with van der Waals surface area (Å²) in [7, 11) is 0. The highest BCUT2D eigenvalue weighted by Gasteiger charge is 2.36. The Labute approximate surface area is 177 Å². The first kappa shape index (κ1) is 20.1. The van der Waals surface area contributed by atoms with Gasteiger partial charge in [-0.25, -0.2) is 9.78 Å². The molecule has 0 atom stereocenters. The van der Waals surface area contributed by atoms with E-state index in [0.29, 0.717) is 24.7 Å². The zero-order chi connectivity index (χ0) is 21.0. The number of rotatable bonds is 6. The SMILES string of the molecule is Cc1ccc(C2(CNC(=O)NCc3nc(-c4ccccc4)n[nH]3)CCCC2)c(C)c1. The van der Waals surface area contributed by atoms with Crippen molar-refractivity contribution in [3.63, 3.8) is 0 Å². The fourth-order valence-corrected chi connectivity index (χ4v) is 4.57. The maximum atomic E-state index is 12.5. The molecule has 1 saturated carbocycles. The molecule has 0 spiro atoms. The van der Waals surface area contributed by atoms with E-state index < -0.39 is 0 Å². The van der Waals surface area contributed by atoms with E-state index in [4.69, 9.17) is 0 Å². The molecule has 1 heterocycles. The van der Waals surface area contributed by atoms with Gasteiger partial charge in [0.2, 0.25) is 0 Å². The van der Waals surface area contributed by atoms with E-state index in [9.17, 15) is 4.79 Å². The Morgan fingerprint density at radius 2 is 1.83 bits per heavy atom. The zero-order valence-electron chi connectivity index (χ0n) is 17.7. The first-order chi connectivity index (χ1) is 14.6. The lowest BCUT2D eigenvalue weighted by molar-refractivity contribution is 0.236. The van der Waals surface area contributed by atoms with Crippen LogP contribution in [0.5, 0.6) is 0 Å². The molecule has 30 heavy (non-hydrogen) atoms. The largest absolute Gasteiger partial charge is 0.337 e. The van der Waals surface area contributed by atoms with Crippen LogP contribution < -0.4 is 10.6 Å². The van der Waals surface area contributed by atoms with Crippen LogP contribution in [0.15, 0.2) is 48.5 Å². The Kier molecular flexibility index (Phi) is 5.84. The highest BCUT2D eigenvalue weighted by molar-refractivity contribution is 5.74. The molecular formula is C24H29N5O. The number of benzene rings is 2. The second-order valence-electron chi connectivity index (χ2n) is 8.31. The van der Waals surface area contributed by atoms with E-state index >= 15 is 0 Å². The molecule has 1 aliphatic carbocycles. The van der Waals surface area contributed by atoms with Gasteiger partial charge in [-0.2, -0.15) is 5.10 Å². The van der Waals surface area contributed by atoms with Crippen LogP contribution in [0.25, 0.3) is 11.4 Å². The fraction of sp³-hybridized carbons (Fsp3) is 0.375. The van der Waals surface area contributed by atoms with Gasteiger partial charge >= 0.3 is 6.03 Å². The lowest BCUT2D eigenvalue weighted by Crippen LogP contribution is -2.43. The Morgan fingerprint density at radius 1 is 1.07 bits per heavy atom. The summed E-state index contributed by atoms with van der Waals surface area (Å²) >= 11 is 0. The van der Waals surface area contributed by atoms with E-state index in [0.717, 1.165) is 18.4 Å². The summed E-state index contributed by atoms with van der Waals surface area (Å²) in [6, 6.07) is 16.3. The molecule has 0 aliphatic heterocycles. The third kappa shape index (κ3) is 4.37. The van der Waals surface area contributed by atoms with Gasteiger partial charge in [-0.05, 0) is 37.8 Å². The maximum absolute atomic E-state index is 12.5. The summed E-state index contributed by atoms with van der Waals surface area (Å²) in [4.78, 5) is 16.9. The van der Waals surface area contributed by atoms with Crippen LogP contribution >= 0.6 is 0 Å². The summed E-state index contributed by atoms with van der Waals surface area (Å²) in [5, 5.41) is 13.1. The number of carbonyl (C=O) groups excluding carboxylic acids is 1. The minimum Gasteiger partial charge on any atom is -0.337 e. The standard InChI is InChI=1S/C24H29N5O/c1-17-10-11-20(18(2)14-17)24(12-6-7-13-24)16-26-23(30)25-15-21-27-22(29-28-21)19-8-4-3-5-9-19/h3-5,8-11,14H,6-7,12-13,15-16H2,1-2H3,(H2,25,26,30)(H,27,28,29). The molecule has 2 aromatic carbocycles. The van der Waals surface area contributed by atoms with Crippen molar-refractivity contribution in [2.45, 2.75) is 51.5 Å². The first-order valence-electron chi connectivity index (χ1n) is 10.6. The van der Waals surface area contributed by atoms with Gasteiger partial charge in [-0.3, -0.25) is 5.10 Å². The summed E-state index contributed by atoms with van der Waals surface area (Å²) in [5.74, 6) is 1.27. The maximum Gasteiger partial charge on any atom is 0.315 e. The second-order valence-corrected chi connectivity index (χ2v) is 8.31. The van der Waals surface area contributed by atoms with Crippen molar-refractivity contribution in [2.75, 3.05) is 6.54 Å². The molecule has 0 unspecified atom stereocenters. The smallest absolute Gasteiger partial charge is 0.315 e. The third-order valence-electron chi connectivity index (χ3n) is 6.08. The zero-order valence-corrected chi connectivity index (χ0v) is 17.7. The molecule has 156 valence electrons. The van der Waals surface area contributed by atoms with Gasteiger partial charge in [0.15, 0.2) is 5.82 Å². The number of aromatic amines is 1. The minimum absolute atomic E-state index is 0.0296. The molecule has 1 aliphatic rings. The number of aryl methyl sites for hydroxylation is 2. The summed E-state index contributed by atoms with van der Waals surface area (Å²) in [6.45, 7) is 5.25. The number of nitrogens with one attached hydrogen (secondary N) is 3. The van der Waals surface area contributed by atoms with Crippen molar-refractivity contribution in [1.82, 2.24) is 25.8 Å². The monoisotopic (exact) mass is 403 g/mol. The molecule has 3 N–H and O–H groups in total. The van der Waals surface area contributed by atoms with E-state index in [1.807, 2.05) is 30.3 Å². The minimum atomic E-state index is -0.177. The van der Waals surface area contributed by atoms with Crippen molar-refractivity contribution < 1.29 is 4.79 Å². The van der Waals surface area contributed by atoms with Crippen molar-refractivity contribution >= 4 is 6.03 Å². The Bertz CT molecular complexity index is 1010. The number of hydrogen-bond acceptors (Lipinski definition) is 3. The molecule has 0 bridgehead atoms. The number of aromatic nitrogens is 3. The fourth-order valence-electron chi connectivity index (χ4n) is 4.57. The highest BCUT2D eigenvalue weighted by Crippen LogP contribution is 2.42. The van der Waals surface area contributed by atoms with Gasteiger partial charge in [0.25, 0.3) is 0 Å². The van der Waals surface area contributed by atoms with E-state index in [1.54, 1.807) is 0 Å². The molecule has 0 saturated heterocycles. The molecule has 6 nitrogen and oxygen atoms in total. The lowest BCUT2D eigenvalue weighted by Gasteiger charge is -2.31. The van der Waals surface area contributed by atoms with Gasteiger partial charge in [0.1, 0.15) is 5.82 Å². The predicted molar refractivity (Wildman–Crippen MR) is 118 cm³/mol. The number of H-pyrrole nitrogens is 1. The number of carbonyl (C=O) groups is 1. The van der Waals surface area contributed by atoms with Crippen LogP contribution in [0.3, 0.4) is 0 Å². The number of hydrogen-bond donors (Lipinski definition) is 3. The molecular weight excluding hydrogens is 374 g/mol. The van der Waals surface area contributed by atoms with E-state index in [1.165, 1.54) is 29.5 Å². The average Bonchev–Trinajstić information content (AvgIpc) is 3.42. The Balaban J connectivity index is 1.35. The second kappa shape index (κ2) is 8.69. The predicted octanol–water partition coefficient (Wildman–Crippen LogP) is 4.40. The van der Waals surface area contributed by atoms with Gasteiger partial charge in [-0.15, -0.1) is 0 Å². The third-order valence-corrected chi connectivity index (χ3v) is 6.08. The van der Waals surface area contributed by atoms with Crippen LogP contribution in [-0.2, 0) is 12.0 Å². The van der Waals surface area contributed by atoms with Crippen molar-refractivity contribution in [3.05, 3.63) is 71.0 Å². The normalized spacial score (nSPS) is 15.1. The van der Waals surface area contributed by atoms with Crippen LogP contribution in [0.1, 0.15) is 48.2 Å². The van der Waals surface area contributed by atoms with Gasteiger partial charge in [-0.1, -0.05) is 66.9 Å². The Hall–Kier alpha value is -3.15. The molecule has 2 amide bonds. The van der Waals surface area contributed by atoms with E-state index in [-0.39, 0.29) is 11.4 Å². The average molecular weight is 404 g/mol. The van der Waals surface area contributed by atoms with Crippen LogP contribution in [0.2, 0.25) is 0 Å². The highest BCUT2D eigenvalue weighted by atomic mass is 16.2. The van der Waals surface area contributed by atoms with Gasteiger partial charge < -0.3 is 10.6 Å². The van der Waals surface area contributed by atoms with Crippen molar-refractivity contribution in [3.8, 4) is 11.4 Å². The molecule has 3 aromatic rings. The van der Waals surface area contributed by atoms with E-state index in [2.05, 4.69) is 57.9 Å². The number of nitrogens with zero attached hydrogens (tertiary/aromatic N) is 2. The number of amides is 2. The van der Waals surface area contributed by atoms with Crippen molar-refractivity contribution in [1.29, 1.82) is 0 Å². The van der Waals surface area contributed by atoms with Crippen LogP contribution in [-0.4, -0.2) is 27.8 Å². The number of urea groups is 1. The summed E-state index contributed by atoms with van der Waals surface area (Å²) in [5.41, 5.74) is 4.93. The summed E-state index contributed by atoms with van der Waals surface area (Å²) in [6.07, 6.45) is 4.63. The lowest BCUT2D eigenvalue weighted by atomic mass is 9.76. The quantitative estimate of drug-likeness (QED) is 0.570. The first-order valence-corrected chi connectivity index (χ1v) is 10.6. The van der Waals surface area contributed by atoms with Gasteiger partial charge in [0.05, 0.1) is 6.54 Å². The molecule has 0 radical (unpaired) electrons. The Morgan fingerprint density at radius 3 is 2.57 bits per heavy atom. The molecule has 1 fully saturated rings. The topological polar surface area (TPSA) is 82.7 Å². The van der Waals surface area contributed by atoms with Crippen LogP contribution in [0, 0.1) is 13.8 Å². The molecule has 1 aromatic heterocycles.